The molecule has 1 amide bonds. The summed E-state index contributed by atoms with van der Waals surface area (Å²) in [6, 6.07) is -0.784. The lowest BCUT2D eigenvalue weighted by Crippen LogP contribution is -2.55. The van der Waals surface area contributed by atoms with Gasteiger partial charge in [0.25, 0.3) is 0 Å². The molecule has 0 heterocycles. The van der Waals surface area contributed by atoms with Crippen molar-refractivity contribution in [3.8, 4) is 0 Å². The van der Waals surface area contributed by atoms with Gasteiger partial charge in [-0.25, -0.2) is 0 Å². The summed E-state index contributed by atoms with van der Waals surface area (Å²) in [5.41, 5.74) is 0.194. The highest BCUT2D eigenvalue weighted by atomic mass is 16.4. The molecule has 1 rings (SSSR count). The molecule has 1 aliphatic rings. The van der Waals surface area contributed by atoms with Gasteiger partial charge in [0.1, 0.15) is 18.3 Å². The van der Waals surface area contributed by atoms with Crippen molar-refractivity contribution in [3.05, 3.63) is 11.6 Å². The second-order valence-corrected chi connectivity index (χ2v) is 3.77. The first-order valence-corrected chi connectivity index (χ1v) is 5.16. The van der Waals surface area contributed by atoms with Gasteiger partial charge in [0.15, 0.2) is 0 Å². The largest absolute Gasteiger partial charge is 0.392 e. The van der Waals surface area contributed by atoms with Crippen molar-refractivity contribution in [3.63, 3.8) is 0 Å². The number of carbonyl (C=O) groups excluding carboxylic acids is 1. The van der Waals surface area contributed by atoms with Gasteiger partial charge in [-0.05, 0) is 5.57 Å². The van der Waals surface area contributed by atoms with Crippen LogP contribution in [-0.2, 0) is 4.79 Å². The van der Waals surface area contributed by atoms with E-state index in [-0.39, 0.29) is 17.9 Å². The lowest BCUT2D eigenvalue weighted by atomic mass is 9.88. The fraction of sp³-hybridized carbons (Fsp3) is 0.700. The maximum Gasteiger partial charge on any atom is 0.220 e. The average molecular weight is 231 g/mol. The van der Waals surface area contributed by atoms with Gasteiger partial charge in [0.05, 0.1) is 12.6 Å². The topological polar surface area (TPSA) is 110 Å². The predicted molar refractivity (Wildman–Crippen MR) is 55.4 cm³/mol. The molecule has 0 fully saturated rings. The van der Waals surface area contributed by atoms with Crippen LogP contribution in [0.25, 0.3) is 0 Å². The van der Waals surface area contributed by atoms with E-state index < -0.39 is 31.0 Å². The van der Waals surface area contributed by atoms with E-state index in [1.54, 1.807) is 6.92 Å². The minimum atomic E-state index is -1.41. The molecule has 16 heavy (non-hydrogen) atoms. The molecule has 0 saturated heterocycles. The van der Waals surface area contributed by atoms with E-state index >= 15 is 0 Å². The molecule has 0 aromatic heterocycles. The Morgan fingerprint density at radius 3 is 2.50 bits per heavy atom. The zero-order chi connectivity index (χ0) is 12.3. The number of aliphatic hydroxyl groups is 4. The molecule has 1 aliphatic carbocycles. The molecule has 4 atom stereocenters. The third-order valence-corrected chi connectivity index (χ3v) is 2.65. The van der Waals surface area contributed by atoms with E-state index in [2.05, 4.69) is 5.32 Å². The van der Waals surface area contributed by atoms with Crippen LogP contribution in [0.5, 0.6) is 0 Å². The van der Waals surface area contributed by atoms with E-state index in [0.717, 1.165) is 0 Å². The summed E-state index contributed by atoms with van der Waals surface area (Å²) in [4.78, 5) is 11.2. The maximum absolute atomic E-state index is 11.2. The Kier molecular flexibility index (Phi) is 4.43. The van der Waals surface area contributed by atoms with E-state index in [1.807, 2.05) is 0 Å². The highest BCUT2D eigenvalue weighted by molar-refractivity contribution is 5.76. The van der Waals surface area contributed by atoms with Crippen molar-refractivity contribution >= 4 is 5.91 Å². The number of amides is 1. The van der Waals surface area contributed by atoms with Crippen LogP contribution in [0.2, 0.25) is 0 Å². The number of hydrogen-bond donors (Lipinski definition) is 5. The van der Waals surface area contributed by atoms with Gasteiger partial charge < -0.3 is 25.7 Å². The van der Waals surface area contributed by atoms with Gasteiger partial charge in [-0.2, -0.15) is 0 Å². The summed E-state index contributed by atoms with van der Waals surface area (Å²) in [5, 5.41) is 40.0. The lowest BCUT2D eigenvalue weighted by molar-refractivity contribution is -0.123. The summed E-state index contributed by atoms with van der Waals surface area (Å²) in [5.74, 6) is -0.277. The first kappa shape index (κ1) is 13.1. The third-order valence-electron chi connectivity index (χ3n) is 2.65. The Hall–Kier alpha value is -0.950. The fourth-order valence-corrected chi connectivity index (χ4v) is 1.61. The van der Waals surface area contributed by atoms with Gasteiger partial charge in [-0.1, -0.05) is 13.0 Å². The normalized spacial score (nSPS) is 34.4. The SMILES string of the molecule is CCC(=O)NC1C=C(CO)C(O)C(O)C1O. The predicted octanol–water partition coefficient (Wildman–Crippen LogP) is -2.10. The van der Waals surface area contributed by atoms with Crippen LogP contribution in [0.4, 0.5) is 0 Å². The van der Waals surface area contributed by atoms with Crippen molar-refractivity contribution in [2.75, 3.05) is 6.61 Å². The van der Waals surface area contributed by atoms with Gasteiger partial charge >= 0.3 is 0 Å². The van der Waals surface area contributed by atoms with Crippen LogP contribution in [0, 0.1) is 0 Å². The van der Waals surface area contributed by atoms with E-state index in [0.29, 0.717) is 0 Å². The Bertz CT molecular complexity index is 291. The molecule has 5 N–H and O–H groups in total. The molecule has 92 valence electrons. The second-order valence-electron chi connectivity index (χ2n) is 3.77. The summed E-state index contributed by atoms with van der Waals surface area (Å²) >= 11 is 0. The van der Waals surface area contributed by atoms with Crippen LogP contribution < -0.4 is 5.32 Å². The van der Waals surface area contributed by atoms with E-state index in [1.165, 1.54) is 6.08 Å². The summed E-state index contributed by atoms with van der Waals surface area (Å²) in [7, 11) is 0. The second kappa shape index (κ2) is 5.40. The molecular weight excluding hydrogens is 214 g/mol. The van der Waals surface area contributed by atoms with Crippen molar-refractivity contribution in [1.29, 1.82) is 0 Å². The standard InChI is InChI=1S/C10H17NO5/c1-2-7(13)11-6-3-5(4-12)8(14)10(16)9(6)15/h3,6,8-10,12,14-16H,2,4H2,1H3,(H,11,13). The van der Waals surface area contributed by atoms with Crippen LogP contribution in [0.1, 0.15) is 13.3 Å². The molecule has 0 aliphatic heterocycles. The summed E-state index contributed by atoms with van der Waals surface area (Å²) in [6.45, 7) is 1.23. The molecule has 0 aromatic carbocycles. The van der Waals surface area contributed by atoms with Crippen LogP contribution >= 0.6 is 0 Å². The van der Waals surface area contributed by atoms with Crippen LogP contribution in [0.3, 0.4) is 0 Å². The van der Waals surface area contributed by atoms with Crippen molar-refractivity contribution in [2.45, 2.75) is 37.7 Å². The van der Waals surface area contributed by atoms with E-state index in [9.17, 15) is 20.1 Å². The smallest absolute Gasteiger partial charge is 0.220 e. The summed E-state index contributed by atoms with van der Waals surface area (Å²) in [6.07, 6.45) is -2.36. The number of carbonyl (C=O) groups is 1. The van der Waals surface area contributed by atoms with Crippen molar-refractivity contribution in [1.82, 2.24) is 5.32 Å². The van der Waals surface area contributed by atoms with Crippen molar-refractivity contribution in [2.24, 2.45) is 0 Å². The molecule has 0 saturated carbocycles. The number of rotatable bonds is 3. The monoisotopic (exact) mass is 231 g/mol. The Labute approximate surface area is 93.2 Å². The molecule has 0 bridgehead atoms. The third kappa shape index (κ3) is 2.59. The zero-order valence-electron chi connectivity index (χ0n) is 9.00. The molecule has 6 nitrogen and oxygen atoms in total. The fourth-order valence-electron chi connectivity index (χ4n) is 1.61. The lowest BCUT2D eigenvalue weighted by Gasteiger charge is -2.34. The van der Waals surface area contributed by atoms with Gasteiger partial charge in [-0.3, -0.25) is 4.79 Å². The zero-order valence-corrected chi connectivity index (χ0v) is 9.00. The number of aliphatic hydroxyl groups excluding tert-OH is 4. The highest BCUT2D eigenvalue weighted by Crippen LogP contribution is 2.20. The van der Waals surface area contributed by atoms with Crippen LogP contribution in [0.15, 0.2) is 11.6 Å². The van der Waals surface area contributed by atoms with Gasteiger partial charge in [0.2, 0.25) is 5.91 Å². The molecule has 0 spiro atoms. The number of hydrogen-bond acceptors (Lipinski definition) is 5. The molecule has 0 aromatic rings. The van der Waals surface area contributed by atoms with E-state index in [4.69, 9.17) is 5.11 Å². The van der Waals surface area contributed by atoms with Crippen LogP contribution in [-0.4, -0.2) is 57.3 Å². The molecule has 0 radical (unpaired) electrons. The maximum atomic E-state index is 11.2. The first-order chi connectivity index (χ1) is 7.51. The van der Waals surface area contributed by atoms with Crippen molar-refractivity contribution < 1.29 is 25.2 Å². The average Bonchev–Trinajstić information content (AvgIpc) is 2.29. The Morgan fingerprint density at radius 1 is 1.38 bits per heavy atom. The first-order valence-electron chi connectivity index (χ1n) is 5.16. The molecular formula is C10H17NO5. The quantitative estimate of drug-likeness (QED) is 0.357. The minimum absolute atomic E-state index is 0.194. The minimum Gasteiger partial charge on any atom is -0.392 e. The van der Waals surface area contributed by atoms with Gasteiger partial charge in [0, 0.05) is 6.42 Å². The molecule has 4 unspecified atom stereocenters. The Morgan fingerprint density at radius 2 is 2.00 bits per heavy atom. The summed E-state index contributed by atoms with van der Waals surface area (Å²) < 4.78 is 0. The van der Waals surface area contributed by atoms with Gasteiger partial charge in [-0.15, -0.1) is 0 Å². The molecule has 6 heteroatoms. The number of nitrogens with one attached hydrogen (secondary N) is 1. The Balaban J connectivity index is 2.83. The highest BCUT2D eigenvalue weighted by Gasteiger charge is 2.37.